The summed E-state index contributed by atoms with van der Waals surface area (Å²) < 4.78 is 5.02. The van der Waals surface area contributed by atoms with E-state index in [0.717, 1.165) is 16.6 Å². The number of nitrogens with one attached hydrogen (secondary N) is 1. The second-order valence-corrected chi connectivity index (χ2v) is 4.51. The second-order valence-electron chi connectivity index (χ2n) is 3.95. The van der Waals surface area contributed by atoms with Crippen molar-refractivity contribution in [1.29, 1.82) is 0 Å². The Labute approximate surface area is 113 Å². The summed E-state index contributed by atoms with van der Waals surface area (Å²) in [5.74, 6) is 0.531. The van der Waals surface area contributed by atoms with Crippen molar-refractivity contribution in [3.05, 3.63) is 52.9 Å². The van der Waals surface area contributed by atoms with Crippen molar-refractivity contribution in [3.8, 4) is 0 Å². The van der Waals surface area contributed by atoms with Crippen LogP contribution >= 0.6 is 15.9 Å². The molecule has 0 aliphatic rings. The number of hydrogen-bond acceptors (Lipinski definition) is 3. The first-order valence-electron chi connectivity index (χ1n) is 5.54. The zero-order valence-electron chi connectivity index (χ0n) is 9.94. The van der Waals surface area contributed by atoms with Gasteiger partial charge < -0.3 is 9.84 Å². The first-order chi connectivity index (χ1) is 8.69. The van der Waals surface area contributed by atoms with Crippen molar-refractivity contribution in [2.45, 2.75) is 18.8 Å². The number of carbonyl (C=O) groups is 1. The lowest BCUT2D eigenvalue weighted by atomic mass is 10.1. The Kier molecular flexibility index (Phi) is 4.15. The quantitative estimate of drug-likeness (QED) is 0.884. The van der Waals surface area contributed by atoms with Gasteiger partial charge >= 0.3 is 0 Å². The van der Waals surface area contributed by atoms with Crippen LogP contribution in [0.4, 0.5) is 0 Å². The second kappa shape index (κ2) is 5.82. The van der Waals surface area contributed by atoms with Crippen LogP contribution in [-0.4, -0.2) is 11.1 Å². The summed E-state index contributed by atoms with van der Waals surface area (Å²) in [6.07, 6.45) is 0. The molecular weight excluding hydrogens is 296 g/mol. The first-order valence-corrected chi connectivity index (χ1v) is 6.66. The topological polar surface area (TPSA) is 55.1 Å². The minimum Gasteiger partial charge on any atom is -0.359 e. The lowest BCUT2D eigenvalue weighted by molar-refractivity contribution is 0.0947. The smallest absolute Gasteiger partial charge is 0.251 e. The van der Waals surface area contributed by atoms with Crippen molar-refractivity contribution < 1.29 is 9.32 Å². The fourth-order valence-corrected chi connectivity index (χ4v) is 1.89. The predicted molar refractivity (Wildman–Crippen MR) is 71.5 cm³/mol. The minimum atomic E-state index is -0.120. The van der Waals surface area contributed by atoms with Gasteiger partial charge in [0.1, 0.15) is 0 Å². The van der Waals surface area contributed by atoms with E-state index in [4.69, 9.17) is 4.52 Å². The molecule has 0 atom stereocenters. The first kappa shape index (κ1) is 12.8. The highest BCUT2D eigenvalue weighted by molar-refractivity contribution is 9.08. The van der Waals surface area contributed by atoms with Crippen molar-refractivity contribution in [1.82, 2.24) is 10.5 Å². The maximum atomic E-state index is 11.8. The zero-order chi connectivity index (χ0) is 13.0. The van der Waals surface area contributed by atoms with Gasteiger partial charge in [-0.05, 0) is 24.6 Å². The van der Waals surface area contributed by atoms with Crippen LogP contribution in [0, 0.1) is 6.92 Å². The number of carbonyl (C=O) groups excluding carboxylic acids is 1. The highest BCUT2D eigenvalue weighted by Gasteiger charge is 2.07. The third-order valence-electron chi connectivity index (χ3n) is 2.47. The van der Waals surface area contributed by atoms with E-state index in [-0.39, 0.29) is 5.91 Å². The van der Waals surface area contributed by atoms with E-state index in [9.17, 15) is 4.79 Å². The molecule has 0 spiro atoms. The molecule has 0 aliphatic heterocycles. The third kappa shape index (κ3) is 3.20. The van der Waals surface area contributed by atoms with Gasteiger partial charge in [-0.2, -0.15) is 0 Å². The molecule has 0 bridgehead atoms. The van der Waals surface area contributed by atoms with E-state index in [2.05, 4.69) is 26.4 Å². The number of amides is 1. The predicted octanol–water partition coefficient (Wildman–Crippen LogP) is 2.81. The average molecular weight is 309 g/mol. The van der Waals surface area contributed by atoms with E-state index >= 15 is 0 Å². The molecular formula is C13H13BrN2O2. The van der Waals surface area contributed by atoms with Crippen LogP contribution in [0.5, 0.6) is 0 Å². The monoisotopic (exact) mass is 308 g/mol. The van der Waals surface area contributed by atoms with Crippen molar-refractivity contribution in [2.75, 3.05) is 0 Å². The molecule has 1 N–H and O–H groups in total. The van der Waals surface area contributed by atoms with E-state index in [0.29, 0.717) is 17.9 Å². The van der Waals surface area contributed by atoms with Gasteiger partial charge in [-0.1, -0.05) is 33.2 Å². The van der Waals surface area contributed by atoms with Gasteiger partial charge in [0.15, 0.2) is 5.76 Å². The molecule has 1 aromatic heterocycles. The molecule has 18 heavy (non-hydrogen) atoms. The van der Waals surface area contributed by atoms with Crippen molar-refractivity contribution >= 4 is 21.8 Å². The Morgan fingerprint density at radius 2 is 2.11 bits per heavy atom. The number of alkyl halides is 1. The molecule has 94 valence electrons. The minimum absolute atomic E-state index is 0.120. The lowest BCUT2D eigenvalue weighted by Gasteiger charge is -2.03. The fraction of sp³-hybridized carbons (Fsp3) is 0.231. The summed E-state index contributed by atoms with van der Waals surface area (Å²) in [5.41, 5.74) is 2.58. The van der Waals surface area contributed by atoms with Gasteiger partial charge in [-0.3, -0.25) is 4.79 Å². The van der Waals surface area contributed by atoms with Crippen molar-refractivity contribution in [3.63, 3.8) is 0 Å². The summed E-state index contributed by atoms with van der Waals surface area (Å²) in [6, 6.07) is 9.24. The van der Waals surface area contributed by atoms with E-state index in [1.165, 1.54) is 0 Å². The number of hydrogen-bond donors (Lipinski definition) is 1. The van der Waals surface area contributed by atoms with Crippen molar-refractivity contribution in [2.24, 2.45) is 0 Å². The Hall–Kier alpha value is -1.62. The van der Waals surface area contributed by atoms with Crippen LogP contribution < -0.4 is 5.32 Å². The Morgan fingerprint density at radius 1 is 1.39 bits per heavy atom. The molecule has 5 heteroatoms. The van der Waals surface area contributed by atoms with Gasteiger partial charge in [0, 0.05) is 17.0 Å². The van der Waals surface area contributed by atoms with Gasteiger partial charge in [0.25, 0.3) is 5.91 Å². The van der Waals surface area contributed by atoms with Gasteiger partial charge in [0.2, 0.25) is 0 Å². The van der Waals surface area contributed by atoms with Crippen LogP contribution in [-0.2, 0) is 11.9 Å². The number of halogens is 1. The fourth-order valence-electron chi connectivity index (χ4n) is 1.51. The molecule has 0 saturated heterocycles. The van der Waals surface area contributed by atoms with E-state index in [1.807, 2.05) is 19.1 Å². The molecule has 0 unspecified atom stereocenters. The Balaban J connectivity index is 1.94. The molecule has 0 fully saturated rings. The molecule has 1 heterocycles. The Morgan fingerprint density at radius 3 is 2.67 bits per heavy atom. The molecule has 0 saturated carbocycles. The molecule has 0 aliphatic carbocycles. The maximum Gasteiger partial charge on any atom is 0.251 e. The summed E-state index contributed by atoms with van der Waals surface area (Å²) in [4.78, 5) is 11.8. The normalized spacial score (nSPS) is 10.3. The number of aromatic nitrogens is 1. The molecule has 4 nitrogen and oxygen atoms in total. The largest absolute Gasteiger partial charge is 0.359 e. The zero-order valence-corrected chi connectivity index (χ0v) is 11.5. The van der Waals surface area contributed by atoms with Crippen LogP contribution in [0.3, 0.4) is 0 Å². The molecule has 1 aromatic carbocycles. The number of aryl methyl sites for hydroxylation is 1. The molecule has 2 rings (SSSR count). The summed E-state index contributed by atoms with van der Waals surface area (Å²) in [6.45, 7) is 2.19. The van der Waals surface area contributed by atoms with Crippen LogP contribution in [0.15, 0.2) is 34.9 Å². The highest BCUT2D eigenvalue weighted by atomic mass is 79.9. The third-order valence-corrected chi connectivity index (χ3v) is 3.12. The van der Waals surface area contributed by atoms with Crippen LogP contribution in [0.1, 0.15) is 27.4 Å². The molecule has 2 aromatic rings. The van der Waals surface area contributed by atoms with Gasteiger partial charge in [0.05, 0.1) is 12.2 Å². The summed E-state index contributed by atoms with van der Waals surface area (Å²) in [7, 11) is 0. The summed E-state index contributed by atoms with van der Waals surface area (Å²) in [5, 5.41) is 7.32. The number of benzene rings is 1. The lowest BCUT2D eigenvalue weighted by Crippen LogP contribution is -2.22. The number of rotatable bonds is 4. The SMILES string of the molecule is Cc1cc(CNC(=O)c2ccc(CBr)cc2)on1. The molecule has 0 radical (unpaired) electrons. The summed E-state index contributed by atoms with van der Waals surface area (Å²) >= 11 is 3.36. The Bertz CT molecular complexity index is 534. The van der Waals surface area contributed by atoms with Crippen LogP contribution in [0.25, 0.3) is 0 Å². The van der Waals surface area contributed by atoms with E-state index in [1.54, 1.807) is 18.2 Å². The molecule has 1 amide bonds. The number of nitrogens with zero attached hydrogens (tertiary/aromatic N) is 1. The standard InChI is InChI=1S/C13H13BrN2O2/c1-9-6-12(18-16-9)8-15-13(17)11-4-2-10(7-14)3-5-11/h2-6H,7-8H2,1H3,(H,15,17). The van der Waals surface area contributed by atoms with Gasteiger partial charge in [-0.25, -0.2) is 0 Å². The van der Waals surface area contributed by atoms with E-state index < -0.39 is 0 Å². The average Bonchev–Trinajstić information content (AvgIpc) is 2.82. The highest BCUT2D eigenvalue weighted by Crippen LogP contribution is 2.08. The van der Waals surface area contributed by atoms with Crippen LogP contribution in [0.2, 0.25) is 0 Å². The van der Waals surface area contributed by atoms with Gasteiger partial charge in [-0.15, -0.1) is 0 Å². The maximum absolute atomic E-state index is 11.8.